The second-order valence-corrected chi connectivity index (χ2v) is 14.1. The molecule has 51 heavy (non-hydrogen) atoms. The van der Waals surface area contributed by atoms with E-state index < -0.39 is 0 Å². The lowest BCUT2D eigenvalue weighted by Gasteiger charge is -2.12. The third-order valence-corrected chi connectivity index (χ3v) is 11.3. The van der Waals surface area contributed by atoms with Gasteiger partial charge in [0.1, 0.15) is 11.2 Å². The second kappa shape index (κ2) is 11.1. The van der Waals surface area contributed by atoms with Crippen LogP contribution in [0, 0.1) is 0 Å². The standard InChI is InChI=1S/C45H28N4OS/c1-3-12-27(13-4-1)43-46-44(28-14-5-2-6-15-28)48-45(47-43)34-19-11-18-32-35-26-29(22-25-39(35)51-42(32)34)49-36-20-9-7-17-33(36)40-37(49)24-23-31-30-16-8-10-21-38(30)50-41(31)40/h1-5,7-14,16-26H,6,15H2. The van der Waals surface area contributed by atoms with Crippen LogP contribution in [0.15, 0.2) is 150 Å². The van der Waals surface area contributed by atoms with Gasteiger partial charge in [0.05, 0.1) is 16.4 Å². The van der Waals surface area contributed by atoms with Gasteiger partial charge in [0.2, 0.25) is 0 Å². The summed E-state index contributed by atoms with van der Waals surface area (Å²) >= 11 is 1.79. The highest BCUT2D eigenvalue weighted by atomic mass is 32.1. The van der Waals surface area contributed by atoms with Crippen LogP contribution in [0.5, 0.6) is 0 Å². The van der Waals surface area contributed by atoms with Crippen molar-refractivity contribution in [3.8, 4) is 28.5 Å². The van der Waals surface area contributed by atoms with Gasteiger partial charge in [-0.25, -0.2) is 15.0 Å². The Morgan fingerprint density at radius 2 is 1.41 bits per heavy atom. The van der Waals surface area contributed by atoms with Crippen LogP contribution in [0.4, 0.5) is 0 Å². The third kappa shape index (κ3) is 4.36. The summed E-state index contributed by atoms with van der Waals surface area (Å²) in [4.78, 5) is 15.2. The van der Waals surface area contributed by atoms with Gasteiger partial charge >= 0.3 is 0 Å². The highest BCUT2D eigenvalue weighted by Gasteiger charge is 2.21. The lowest BCUT2D eigenvalue weighted by molar-refractivity contribution is 0.673. The van der Waals surface area contributed by atoms with Crippen LogP contribution in [0.3, 0.4) is 0 Å². The first-order chi connectivity index (χ1) is 25.3. The molecule has 11 rings (SSSR count). The Morgan fingerprint density at radius 3 is 2.31 bits per heavy atom. The van der Waals surface area contributed by atoms with E-state index in [1.807, 2.05) is 24.3 Å². The number of hydrogen-bond acceptors (Lipinski definition) is 5. The van der Waals surface area contributed by atoms with Crippen LogP contribution in [0.2, 0.25) is 0 Å². The van der Waals surface area contributed by atoms with E-state index in [1.165, 1.54) is 25.6 Å². The zero-order valence-electron chi connectivity index (χ0n) is 27.4. The van der Waals surface area contributed by atoms with Crippen molar-refractivity contribution in [1.29, 1.82) is 0 Å². The van der Waals surface area contributed by atoms with Crippen molar-refractivity contribution in [2.24, 2.45) is 0 Å². The van der Waals surface area contributed by atoms with Crippen molar-refractivity contribution in [3.05, 3.63) is 151 Å². The largest absolute Gasteiger partial charge is 0.455 e. The smallest absolute Gasteiger partial charge is 0.165 e. The molecular formula is C45H28N4OS. The van der Waals surface area contributed by atoms with Crippen molar-refractivity contribution in [2.45, 2.75) is 12.8 Å². The van der Waals surface area contributed by atoms with Crippen LogP contribution in [-0.4, -0.2) is 19.5 Å². The first kappa shape index (κ1) is 28.5. The molecule has 4 heterocycles. The average Bonchev–Trinajstić information content (AvgIpc) is 3.87. The van der Waals surface area contributed by atoms with Gasteiger partial charge in [-0.1, -0.05) is 97.1 Å². The van der Waals surface area contributed by atoms with Crippen molar-refractivity contribution >= 4 is 80.8 Å². The molecule has 0 bridgehead atoms. The zero-order valence-corrected chi connectivity index (χ0v) is 28.2. The summed E-state index contributed by atoms with van der Waals surface area (Å²) in [6.45, 7) is 0. The van der Waals surface area contributed by atoms with Crippen LogP contribution in [0.1, 0.15) is 18.7 Å². The Kier molecular flexibility index (Phi) is 6.18. The number of hydrogen-bond donors (Lipinski definition) is 0. The fourth-order valence-electron chi connectivity index (χ4n) is 7.76. The number of thiophene rings is 1. The first-order valence-corrected chi connectivity index (χ1v) is 18.1. The minimum absolute atomic E-state index is 0.691. The molecule has 0 saturated heterocycles. The summed E-state index contributed by atoms with van der Waals surface area (Å²) in [5, 5.41) is 7.00. The molecule has 6 aromatic carbocycles. The molecule has 1 aliphatic carbocycles. The van der Waals surface area contributed by atoms with E-state index in [2.05, 4.69) is 126 Å². The van der Waals surface area contributed by atoms with Crippen molar-refractivity contribution in [3.63, 3.8) is 0 Å². The van der Waals surface area contributed by atoms with Crippen LogP contribution >= 0.6 is 11.3 Å². The fourth-order valence-corrected chi connectivity index (χ4v) is 8.95. The van der Waals surface area contributed by atoms with Gasteiger partial charge < -0.3 is 8.98 Å². The molecule has 0 unspecified atom stereocenters. The van der Waals surface area contributed by atoms with E-state index in [0.717, 1.165) is 79.4 Å². The maximum absolute atomic E-state index is 6.54. The molecule has 10 aromatic rings. The van der Waals surface area contributed by atoms with E-state index in [-0.39, 0.29) is 0 Å². The van der Waals surface area contributed by atoms with Crippen LogP contribution in [0.25, 0.3) is 98.0 Å². The predicted octanol–water partition coefficient (Wildman–Crippen LogP) is 12.3. The number of furan rings is 1. The number of aromatic nitrogens is 4. The van der Waals surface area contributed by atoms with Gasteiger partial charge in [-0.15, -0.1) is 11.3 Å². The van der Waals surface area contributed by atoms with Crippen molar-refractivity contribution in [2.75, 3.05) is 0 Å². The lowest BCUT2D eigenvalue weighted by atomic mass is 10.0. The molecule has 0 radical (unpaired) electrons. The molecule has 0 fully saturated rings. The van der Waals surface area contributed by atoms with E-state index in [4.69, 9.17) is 19.4 Å². The maximum atomic E-state index is 6.54. The van der Waals surface area contributed by atoms with Gasteiger partial charge in [0.15, 0.2) is 17.5 Å². The Hall–Kier alpha value is -6.37. The number of allylic oxidation sites excluding steroid dienone is 4. The summed E-state index contributed by atoms with van der Waals surface area (Å²) in [6, 6.07) is 44.9. The maximum Gasteiger partial charge on any atom is 0.165 e. The van der Waals surface area contributed by atoms with E-state index >= 15 is 0 Å². The topological polar surface area (TPSA) is 56.7 Å². The first-order valence-electron chi connectivity index (χ1n) is 17.3. The Bertz CT molecular complexity index is 3090. The quantitative estimate of drug-likeness (QED) is 0.187. The molecule has 0 saturated carbocycles. The molecule has 0 spiro atoms. The average molecular weight is 673 g/mol. The number of fused-ring (bicyclic) bond motifs is 10. The molecule has 6 heteroatoms. The summed E-state index contributed by atoms with van der Waals surface area (Å²) < 4.78 is 11.3. The van der Waals surface area contributed by atoms with Gasteiger partial charge in [0, 0.05) is 53.1 Å². The molecule has 5 nitrogen and oxygen atoms in total. The molecule has 0 aliphatic heterocycles. The number of nitrogens with zero attached hydrogens (tertiary/aromatic N) is 4. The highest BCUT2D eigenvalue weighted by Crippen LogP contribution is 2.43. The fraction of sp³-hybridized carbons (Fsp3) is 0.0444. The second-order valence-electron chi connectivity index (χ2n) is 13.1. The third-order valence-electron chi connectivity index (χ3n) is 10.1. The Balaban J connectivity index is 1.12. The van der Waals surface area contributed by atoms with Crippen LogP contribution < -0.4 is 0 Å². The van der Waals surface area contributed by atoms with Gasteiger partial charge in [-0.2, -0.15) is 0 Å². The molecule has 1 aliphatic rings. The van der Waals surface area contributed by atoms with Crippen molar-refractivity contribution < 1.29 is 4.42 Å². The minimum Gasteiger partial charge on any atom is -0.455 e. The van der Waals surface area contributed by atoms with Gasteiger partial charge in [0.25, 0.3) is 0 Å². The number of benzene rings is 6. The van der Waals surface area contributed by atoms with Gasteiger partial charge in [-0.3, -0.25) is 0 Å². The van der Waals surface area contributed by atoms with E-state index in [1.54, 1.807) is 11.3 Å². The molecule has 240 valence electrons. The highest BCUT2D eigenvalue weighted by molar-refractivity contribution is 7.26. The summed E-state index contributed by atoms with van der Waals surface area (Å²) in [6.07, 6.45) is 8.32. The Labute approximate surface area is 296 Å². The SMILES string of the molecule is C1=CCCC(c2nc(-c3ccccc3)nc(-c3cccc4c3sc3ccc(-n5c6ccccc6c6c7oc8ccccc8c7ccc65)cc34)n2)=C1. The normalized spacial score (nSPS) is 13.4. The summed E-state index contributed by atoms with van der Waals surface area (Å²) in [5.41, 5.74) is 8.37. The molecule has 0 amide bonds. The zero-order chi connectivity index (χ0) is 33.5. The minimum atomic E-state index is 0.691. The van der Waals surface area contributed by atoms with Crippen molar-refractivity contribution in [1.82, 2.24) is 19.5 Å². The van der Waals surface area contributed by atoms with E-state index in [9.17, 15) is 0 Å². The predicted molar refractivity (Wildman–Crippen MR) is 212 cm³/mol. The molecule has 0 N–H and O–H groups in total. The monoisotopic (exact) mass is 672 g/mol. The van der Waals surface area contributed by atoms with Gasteiger partial charge in [-0.05, 0) is 66.9 Å². The molecule has 4 aromatic heterocycles. The van der Waals surface area contributed by atoms with Crippen LogP contribution in [-0.2, 0) is 0 Å². The number of rotatable bonds is 4. The summed E-state index contributed by atoms with van der Waals surface area (Å²) in [7, 11) is 0. The molecular weight excluding hydrogens is 645 g/mol. The van der Waals surface area contributed by atoms with E-state index in [0.29, 0.717) is 11.6 Å². The Morgan fingerprint density at radius 1 is 0.608 bits per heavy atom. The summed E-state index contributed by atoms with van der Waals surface area (Å²) in [5.74, 6) is 2.13. The lowest BCUT2D eigenvalue weighted by Crippen LogP contribution is -2.03. The molecule has 0 atom stereocenters. The number of para-hydroxylation sites is 2.